The van der Waals surface area contributed by atoms with Crippen LogP contribution in [0.25, 0.3) is 32.0 Å². The molecule has 5 rings (SSSR count). The van der Waals surface area contributed by atoms with Crippen molar-refractivity contribution in [3.63, 3.8) is 0 Å². The summed E-state index contributed by atoms with van der Waals surface area (Å²) < 4.78 is 16.3. The molecular weight excluding hydrogens is 601 g/mol. The second kappa shape index (κ2) is 13.2. The number of hydrogen-bond donors (Lipinski definition) is 0. The highest BCUT2D eigenvalue weighted by atomic mass is 32.2. The SMILES string of the molecule is CCC(C)(CC(C)(CC(C)n1c2ccccc2c2ccccc21)C(=O)OC(C)(C)C)C(=O)OCCSc1nc2ccccc2s1. The number of ether oxygens (including phenoxy) is 2. The van der Waals surface area contributed by atoms with Crippen LogP contribution in [0.2, 0.25) is 0 Å². The average molecular weight is 645 g/mol. The van der Waals surface area contributed by atoms with Crippen molar-refractivity contribution in [1.82, 2.24) is 9.55 Å². The van der Waals surface area contributed by atoms with E-state index < -0.39 is 16.4 Å². The Kier molecular flexibility index (Phi) is 9.66. The summed E-state index contributed by atoms with van der Waals surface area (Å²) >= 11 is 3.24. The molecular formula is C37H44N2O4S2. The van der Waals surface area contributed by atoms with Gasteiger partial charge in [0.05, 0.1) is 21.0 Å². The third kappa shape index (κ3) is 7.23. The van der Waals surface area contributed by atoms with Crippen molar-refractivity contribution in [3.8, 4) is 0 Å². The highest BCUT2D eigenvalue weighted by Gasteiger charge is 2.47. The molecule has 45 heavy (non-hydrogen) atoms. The standard InChI is InChI=1S/C37H44N2O4S2/c1-8-36(6,32(40)42-21-22-44-34-38-28-17-11-14-20-31(28)45-34)24-37(7,33(41)43-35(3,4)5)23-25(2)39-29-18-12-9-15-26(29)27-16-10-13-19-30(27)39/h9-20,25H,8,21-24H2,1-7H3. The predicted octanol–water partition coefficient (Wildman–Crippen LogP) is 9.85. The Morgan fingerprint density at radius 1 is 0.867 bits per heavy atom. The fourth-order valence-corrected chi connectivity index (χ4v) is 8.31. The molecule has 0 fully saturated rings. The molecule has 0 spiro atoms. The molecule has 3 aromatic carbocycles. The van der Waals surface area contributed by atoms with Crippen molar-refractivity contribution in [2.45, 2.75) is 83.7 Å². The maximum Gasteiger partial charge on any atom is 0.312 e. The summed E-state index contributed by atoms with van der Waals surface area (Å²) in [6, 6.07) is 24.8. The van der Waals surface area contributed by atoms with E-state index in [0.29, 0.717) is 25.0 Å². The monoisotopic (exact) mass is 644 g/mol. The summed E-state index contributed by atoms with van der Waals surface area (Å²) in [5.41, 5.74) is 0.764. The quantitative estimate of drug-likeness (QED) is 0.0765. The topological polar surface area (TPSA) is 70.4 Å². The van der Waals surface area contributed by atoms with E-state index in [-0.39, 0.29) is 24.6 Å². The smallest absolute Gasteiger partial charge is 0.312 e. The number of thioether (sulfide) groups is 1. The molecule has 0 amide bonds. The first-order chi connectivity index (χ1) is 21.3. The number of rotatable bonds is 12. The maximum absolute atomic E-state index is 14.0. The van der Waals surface area contributed by atoms with Crippen molar-refractivity contribution >= 4 is 67.1 Å². The van der Waals surface area contributed by atoms with Gasteiger partial charge in [-0.05, 0) is 85.1 Å². The van der Waals surface area contributed by atoms with Gasteiger partial charge in [0.1, 0.15) is 12.2 Å². The summed E-state index contributed by atoms with van der Waals surface area (Å²) in [6.45, 7) is 14.0. The molecule has 238 valence electrons. The molecule has 6 nitrogen and oxygen atoms in total. The van der Waals surface area contributed by atoms with Gasteiger partial charge in [0.25, 0.3) is 0 Å². The molecule has 8 heteroatoms. The van der Waals surface area contributed by atoms with Gasteiger partial charge >= 0.3 is 11.9 Å². The molecule has 0 aliphatic rings. The van der Waals surface area contributed by atoms with Gasteiger partial charge in [-0.3, -0.25) is 9.59 Å². The van der Waals surface area contributed by atoms with E-state index in [0.717, 1.165) is 25.6 Å². The van der Waals surface area contributed by atoms with E-state index in [2.05, 4.69) is 71.1 Å². The van der Waals surface area contributed by atoms with Crippen LogP contribution in [0.4, 0.5) is 0 Å². The number of aromatic nitrogens is 2. The molecule has 0 aliphatic heterocycles. The Labute approximate surface area is 274 Å². The molecule has 2 aromatic heterocycles. The van der Waals surface area contributed by atoms with E-state index in [1.807, 2.05) is 59.7 Å². The number of carbonyl (C=O) groups is 2. The molecule has 5 aromatic rings. The summed E-state index contributed by atoms with van der Waals surface area (Å²) in [4.78, 5) is 32.4. The third-order valence-corrected chi connectivity index (χ3v) is 10.7. The number of fused-ring (bicyclic) bond motifs is 4. The zero-order chi connectivity index (χ0) is 32.4. The molecule has 3 unspecified atom stereocenters. The fourth-order valence-electron chi connectivity index (χ4n) is 6.35. The van der Waals surface area contributed by atoms with E-state index >= 15 is 0 Å². The minimum atomic E-state index is -0.946. The van der Waals surface area contributed by atoms with Crippen LogP contribution in [-0.2, 0) is 19.1 Å². The van der Waals surface area contributed by atoms with E-state index in [1.54, 1.807) is 23.1 Å². The zero-order valence-electron chi connectivity index (χ0n) is 27.4. The van der Waals surface area contributed by atoms with Crippen LogP contribution >= 0.6 is 23.1 Å². The summed E-state index contributed by atoms with van der Waals surface area (Å²) in [5, 5.41) is 2.37. The normalized spacial score (nSPS) is 15.5. The van der Waals surface area contributed by atoms with Gasteiger partial charge in [0.15, 0.2) is 4.34 Å². The number of thiazole rings is 1. The van der Waals surface area contributed by atoms with Crippen LogP contribution in [-0.4, -0.2) is 39.5 Å². The second-order valence-corrected chi connectivity index (χ2v) is 15.9. The van der Waals surface area contributed by atoms with Crippen molar-refractivity contribution < 1.29 is 19.1 Å². The Morgan fingerprint density at radius 3 is 2.07 bits per heavy atom. The van der Waals surface area contributed by atoms with Crippen molar-refractivity contribution in [2.75, 3.05) is 12.4 Å². The Morgan fingerprint density at radius 2 is 1.47 bits per heavy atom. The van der Waals surface area contributed by atoms with Crippen molar-refractivity contribution in [1.29, 1.82) is 0 Å². The largest absolute Gasteiger partial charge is 0.464 e. The minimum absolute atomic E-state index is 0.0466. The van der Waals surface area contributed by atoms with Gasteiger partial charge in [-0.1, -0.05) is 67.2 Å². The van der Waals surface area contributed by atoms with Gasteiger partial charge in [-0.25, -0.2) is 4.98 Å². The first kappa shape index (κ1) is 33.0. The van der Waals surface area contributed by atoms with Crippen molar-refractivity contribution in [2.24, 2.45) is 10.8 Å². The number of hydrogen-bond acceptors (Lipinski definition) is 7. The van der Waals surface area contributed by atoms with Crippen LogP contribution in [0.5, 0.6) is 0 Å². The minimum Gasteiger partial charge on any atom is -0.464 e. The van der Waals surface area contributed by atoms with Gasteiger partial charge < -0.3 is 14.0 Å². The van der Waals surface area contributed by atoms with Crippen LogP contribution in [0.15, 0.2) is 77.1 Å². The summed E-state index contributed by atoms with van der Waals surface area (Å²) in [7, 11) is 0. The van der Waals surface area contributed by atoms with Crippen LogP contribution < -0.4 is 0 Å². The highest BCUT2D eigenvalue weighted by Crippen LogP contribution is 2.45. The second-order valence-electron chi connectivity index (χ2n) is 13.5. The van der Waals surface area contributed by atoms with Gasteiger partial charge in [0, 0.05) is 33.6 Å². The third-order valence-electron chi connectivity index (χ3n) is 8.57. The number of para-hydroxylation sites is 3. The predicted molar refractivity (Wildman–Crippen MR) is 187 cm³/mol. The fraction of sp³-hybridized carbons (Fsp3) is 0.432. The summed E-state index contributed by atoms with van der Waals surface area (Å²) in [5.74, 6) is 0.0372. The number of esters is 2. The first-order valence-corrected chi connectivity index (χ1v) is 17.5. The Bertz CT molecular complexity index is 1730. The van der Waals surface area contributed by atoms with Gasteiger partial charge in [-0.2, -0.15) is 0 Å². The summed E-state index contributed by atoms with van der Waals surface area (Å²) in [6.07, 6.45) is 1.36. The average Bonchev–Trinajstić information content (AvgIpc) is 3.57. The lowest BCUT2D eigenvalue weighted by Gasteiger charge is -2.39. The molecule has 0 radical (unpaired) electrons. The zero-order valence-corrected chi connectivity index (χ0v) is 29.0. The van der Waals surface area contributed by atoms with Crippen LogP contribution in [0, 0.1) is 10.8 Å². The van der Waals surface area contributed by atoms with E-state index in [9.17, 15) is 9.59 Å². The highest BCUT2D eigenvalue weighted by molar-refractivity contribution is 8.01. The number of nitrogens with zero attached hydrogens (tertiary/aromatic N) is 2. The first-order valence-electron chi connectivity index (χ1n) is 15.7. The lowest BCUT2D eigenvalue weighted by atomic mass is 9.68. The Balaban J connectivity index is 1.35. The molecule has 0 bridgehead atoms. The molecule has 0 aliphatic carbocycles. The molecule has 0 N–H and O–H groups in total. The number of benzene rings is 3. The van der Waals surface area contributed by atoms with E-state index in [4.69, 9.17) is 9.47 Å². The van der Waals surface area contributed by atoms with Crippen LogP contribution in [0.3, 0.4) is 0 Å². The van der Waals surface area contributed by atoms with E-state index in [1.165, 1.54) is 10.8 Å². The van der Waals surface area contributed by atoms with Crippen LogP contribution in [0.1, 0.15) is 73.8 Å². The van der Waals surface area contributed by atoms with Crippen molar-refractivity contribution in [3.05, 3.63) is 72.8 Å². The number of carbonyl (C=O) groups excluding carboxylic acids is 2. The molecule has 0 saturated carbocycles. The molecule has 3 atom stereocenters. The lowest BCUT2D eigenvalue weighted by Crippen LogP contribution is -2.43. The van der Waals surface area contributed by atoms with Gasteiger partial charge in [0.2, 0.25) is 0 Å². The lowest BCUT2D eigenvalue weighted by molar-refractivity contribution is -0.172. The maximum atomic E-state index is 14.0. The van der Waals surface area contributed by atoms with Gasteiger partial charge in [-0.15, -0.1) is 11.3 Å². The molecule has 2 heterocycles. The molecule has 0 saturated heterocycles. The Hall–Kier alpha value is -3.36.